The van der Waals surface area contributed by atoms with Gasteiger partial charge in [-0.3, -0.25) is 13.9 Å². The Morgan fingerprint density at radius 2 is 1.45 bits per heavy atom. The van der Waals surface area contributed by atoms with Gasteiger partial charge in [0.15, 0.2) is 0 Å². The fourth-order valence-corrected chi connectivity index (χ4v) is 7.57. The molecule has 0 aliphatic heterocycles. The number of nitrogens with zero attached hydrogens (tertiary/aromatic N) is 2. The zero-order valence-corrected chi connectivity index (χ0v) is 29.4. The smallest absolute Gasteiger partial charge is 0.264 e. The summed E-state index contributed by atoms with van der Waals surface area (Å²) in [5.41, 5.74) is 3.79. The van der Waals surface area contributed by atoms with Gasteiger partial charge in [-0.05, 0) is 62.1 Å². The van der Waals surface area contributed by atoms with E-state index in [2.05, 4.69) is 5.32 Å². The zero-order chi connectivity index (χ0) is 35.0. The molecule has 10 heteroatoms. The number of amides is 2. The van der Waals surface area contributed by atoms with Crippen LogP contribution >= 0.6 is 0 Å². The molecule has 1 atom stereocenters. The maximum absolute atomic E-state index is 14.8. The maximum Gasteiger partial charge on any atom is 0.264 e. The van der Waals surface area contributed by atoms with Crippen LogP contribution < -0.4 is 19.1 Å². The lowest BCUT2D eigenvalue weighted by atomic mass is 10.0. The van der Waals surface area contributed by atoms with E-state index >= 15 is 0 Å². The minimum absolute atomic E-state index is 0.0145. The van der Waals surface area contributed by atoms with Gasteiger partial charge in [0, 0.05) is 25.1 Å². The summed E-state index contributed by atoms with van der Waals surface area (Å²) >= 11 is 0. The second-order valence-electron chi connectivity index (χ2n) is 12.6. The molecule has 0 bridgehead atoms. The van der Waals surface area contributed by atoms with Crippen molar-refractivity contribution in [3.05, 3.63) is 119 Å². The zero-order valence-electron chi connectivity index (χ0n) is 28.6. The standard InChI is InChI=1S/C39H45N3O6S/c1-28-14-18-31(19-15-28)26-41(36(24-30-10-6-5-7-11-30)39(44)40-32-12-8-9-13-32)38(43)27-42(35-25-33(47-3)20-23-37(35)48-4)49(45,46)34-21-16-29(2)17-22-34/h5-7,10-11,14-23,25,32,36H,8-9,12-13,24,26-27H2,1-4H3,(H,40,44). The van der Waals surface area contributed by atoms with E-state index in [1.807, 2.05) is 68.4 Å². The molecule has 9 nitrogen and oxygen atoms in total. The van der Waals surface area contributed by atoms with Crippen LogP contribution in [0.15, 0.2) is 102 Å². The van der Waals surface area contributed by atoms with Gasteiger partial charge in [-0.15, -0.1) is 0 Å². The molecule has 1 fully saturated rings. The van der Waals surface area contributed by atoms with Crippen molar-refractivity contribution in [1.82, 2.24) is 10.2 Å². The first-order valence-electron chi connectivity index (χ1n) is 16.6. The number of anilines is 1. The summed E-state index contributed by atoms with van der Waals surface area (Å²) in [5, 5.41) is 3.21. The van der Waals surface area contributed by atoms with Crippen LogP contribution in [0.25, 0.3) is 0 Å². The molecular formula is C39H45N3O6S. The Morgan fingerprint density at radius 3 is 2.06 bits per heavy atom. The first kappa shape index (κ1) is 35.5. The van der Waals surface area contributed by atoms with Crippen LogP contribution in [0, 0.1) is 13.8 Å². The van der Waals surface area contributed by atoms with E-state index in [-0.39, 0.29) is 41.2 Å². The topological polar surface area (TPSA) is 105 Å². The molecule has 0 saturated heterocycles. The van der Waals surface area contributed by atoms with E-state index in [1.54, 1.807) is 24.3 Å². The normalized spacial score (nSPS) is 13.8. The predicted molar refractivity (Wildman–Crippen MR) is 191 cm³/mol. The van der Waals surface area contributed by atoms with Gasteiger partial charge in [-0.2, -0.15) is 0 Å². The summed E-state index contributed by atoms with van der Waals surface area (Å²) in [6.07, 6.45) is 4.09. The number of carbonyl (C=O) groups is 2. The molecule has 2 amide bonds. The van der Waals surface area contributed by atoms with Crippen molar-refractivity contribution in [2.45, 2.75) is 69.5 Å². The average molecular weight is 684 g/mol. The molecule has 0 radical (unpaired) electrons. The molecule has 1 unspecified atom stereocenters. The molecule has 0 aromatic heterocycles. The van der Waals surface area contributed by atoms with E-state index in [4.69, 9.17) is 9.47 Å². The van der Waals surface area contributed by atoms with Crippen LogP contribution in [0.4, 0.5) is 5.69 Å². The highest BCUT2D eigenvalue weighted by Crippen LogP contribution is 2.36. The third-order valence-corrected chi connectivity index (χ3v) is 10.8. The molecule has 258 valence electrons. The summed E-state index contributed by atoms with van der Waals surface area (Å²) < 4.78 is 41.1. The van der Waals surface area contributed by atoms with Gasteiger partial charge in [0.2, 0.25) is 11.8 Å². The van der Waals surface area contributed by atoms with E-state index < -0.39 is 28.5 Å². The number of hydrogen-bond donors (Lipinski definition) is 1. The maximum atomic E-state index is 14.8. The molecule has 1 N–H and O–H groups in total. The van der Waals surface area contributed by atoms with Crippen molar-refractivity contribution in [3.8, 4) is 11.5 Å². The number of nitrogens with one attached hydrogen (secondary N) is 1. The Balaban J connectivity index is 1.61. The number of benzene rings is 4. The minimum Gasteiger partial charge on any atom is -0.497 e. The summed E-state index contributed by atoms with van der Waals surface area (Å²) in [6, 6.07) is 27.7. The monoisotopic (exact) mass is 683 g/mol. The van der Waals surface area contributed by atoms with Crippen LogP contribution in [0.3, 0.4) is 0 Å². The number of sulfonamides is 1. The fourth-order valence-electron chi connectivity index (χ4n) is 6.15. The van der Waals surface area contributed by atoms with Gasteiger partial charge in [0.05, 0.1) is 24.8 Å². The summed E-state index contributed by atoms with van der Waals surface area (Å²) in [5.74, 6) is -0.164. The highest BCUT2D eigenvalue weighted by molar-refractivity contribution is 7.92. The van der Waals surface area contributed by atoms with Crippen LogP contribution in [-0.4, -0.2) is 58.0 Å². The Kier molecular flexibility index (Phi) is 11.6. The van der Waals surface area contributed by atoms with Crippen molar-refractivity contribution in [2.24, 2.45) is 0 Å². The molecule has 5 rings (SSSR count). The summed E-state index contributed by atoms with van der Waals surface area (Å²) in [6.45, 7) is 3.36. The summed E-state index contributed by atoms with van der Waals surface area (Å²) in [4.78, 5) is 30.6. The van der Waals surface area contributed by atoms with E-state index in [9.17, 15) is 18.0 Å². The lowest BCUT2D eigenvalue weighted by Gasteiger charge is -2.34. The fraction of sp³-hybridized carbons (Fsp3) is 0.333. The van der Waals surface area contributed by atoms with Gasteiger partial charge in [0.25, 0.3) is 10.0 Å². The molecule has 0 spiro atoms. The molecule has 1 aliphatic rings. The van der Waals surface area contributed by atoms with Crippen molar-refractivity contribution in [3.63, 3.8) is 0 Å². The quantitative estimate of drug-likeness (QED) is 0.169. The van der Waals surface area contributed by atoms with Crippen molar-refractivity contribution in [2.75, 3.05) is 25.1 Å². The lowest BCUT2D eigenvalue weighted by Crippen LogP contribution is -2.54. The third kappa shape index (κ3) is 8.80. The molecule has 1 aliphatic carbocycles. The van der Waals surface area contributed by atoms with Gasteiger partial charge < -0.3 is 19.7 Å². The Bertz CT molecular complexity index is 1820. The predicted octanol–water partition coefficient (Wildman–Crippen LogP) is 6.21. The first-order chi connectivity index (χ1) is 23.6. The molecule has 0 heterocycles. The molecule has 4 aromatic rings. The third-order valence-electron chi connectivity index (χ3n) is 8.99. The SMILES string of the molecule is COc1ccc(OC)c(N(CC(=O)N(Cc2ccc(C)cc2)C(Cc2ccccc2)C(=O)NC2CCCC2)S(=O)(=O)c2ccc(C)cc2)c1. The van der Waals surface area contributed by atoms with E-state index in [0.717, 1.165) is 52.2 Å². The molecular weight excluding hydrogens is 639 g/mol. The number of hydrogen-bond acceptors (Lipinski definition) is 6. The number of aryl methyl sites for hydroxylation is 2. The number of rotatable bonds is 14. The molecule has 49 heavy (non-hydrogen) atoms. The van der Waals surface area contributed by atoms with Crippen LogP contribution in [0.2, 0.25) is 0 Å². The number of methoxy groups -OCH3 is 2. The van der Waals surface area contributed by atoms with Crippen molar-refractivity contribution >= 4 is 27.5 Å². The largest absolute Gasteiger partial charge is 0.497 e. The van der Waals surface area contributed by atoms with Crippen molar-refractivity contribution in [1.29, 1.82) is 0 Å². The van der Waals surface area contributed by atoms with Gasteiger partial charge in [-0.25, -0.2) is 8.42 Å². The van der Waals surface area contributed by atoms with Crippen LogP contribution in [0.1, 0.15) is 47.9 Å². The average Bonchev–Trinajstić information content (AvgIpc) is 3.62. The van der Waals surface area contributed by atoms with Gasteiger partial charge in [-0.1, -0.05) is 90.7 Å². The first-order valence-corrected chi connectivity index (χ1v) is 18.0. The Morgan fingerprint density at radius 1 is 0.816 bits per heavy atom. The number of carbonyl (C=O) groups excluding carboxylic acids is 2. The van der Waals surface area contributed by atoms with E-state index in [0.29, 0.717) is 5.75 Å². The second-order valence-corrected chi connectivity index (χ2v) is 14.4. The van der Waals surface area contributed by atoms with Crippen LogP contribution in [0.5, 0.6) is 11.5 Å². The number of ether oxygens (including phenoxy) is 2. The van der Waals surface area contributed by atoms with Gasteiger partial charge in [0.1, 0.15) is 24.1 Å². The Labute approximate surface area is 289 Å². The highest BCUT2D eigenvalue weighted by Gasteiger charge is 2.36. The molecule has 4 aromatic carbocycles. The second kappa shape index (κ2) is 16.0. The van der Waals surface area contributed by atoms with Gasteiger partial charge >= 0.3 is 0 Å². The highest BCUT2D eigenvalue weighted by atomic mass is 32.2. The summed E-state index contributed by atoms with van der Waals surface area (Å²) in [7, 11) is -1.39. The minimum atomic E-state index is -4.31. The van der Waals surface area contributed by atoms with Crippen molar-refractivity contribution < 1.29 is 27.5 Å². The molecule has 1 saturated carbocycles. The Hall–Kier alpha value is -4.83. The van der Waals surface area contributed by atoms with Crippen LogP contribution in [-0.2, 0) is 32.6 Å². The van der Waals surface area contributed by atoms with E-state index in [1.165, 1.54) is 37.3 Å². The lowest BCUT2D eigenvalue weighted by molar-refractivity contribution is -0.140.